The van der Waals surface area contributed by atoms with Crippen LogP contribution >= 0.6 is 0 Å². The van der Waals surface area contributed by atoms with Crippen LogP contribution in [0.15, 0.2) is 23.4 Å². The van der Waals surface area contributed by atoms with Crippen LogP contribution in [-0.4, -0.2) is 18.6 Å². The Kier molecular flexibility index (Phi) is 4.40. The van der Waals surface area contributed by atoms with E-state index in [1.807, 2.05) is 0 Å². The van der Waals surface area contributed by atoms with Gasteiger partial charge < -0.3 is 5.73 Å². The summed E-state index contributed by atoms with van der Waals surface area (Å²) in [6.45, 7) is 3.42. The minimum Gasteiger partial charge on any atom is -0.326 e. The van der Waals surface area contributed by atoms with E-state index in [4.69, 9.17) is 5.73 Å². The van der Waals surface area contributed by atoms with Crippen molar-refractivity contribution in [3.05, 3.63) is 46.4 Å². The van der Waals surface area contributed by atoms with Gasteiger partial charge in [0.2, 0.25) is 0 Å². The van der Waals surface area contributed by atoms with Crippen molar-refractivity contribution in [2.45, 2.75) is 32.0 Å². The Morgan fingerprint density at radius 1 is 1.33 bits per heavy atom. The number of nitrogens with two attached hydrogens (primary N) is 1. The molecule has 0 spiro atoms. The van der Waals surface area contributed by atoms with Crippen molar-refractivity contribution in [2.24, 2.45) is 5.73 Å². The highest BCUT2D eigenvalue weighted by molar-refractivity contribution is 7.89. The standard InChI is InChI=1S/C13H17FN4O2S/c1-8-3-10(4-9(2)12(8)14)6-17-21(19,20)13-11(5-15)7-16-18-13/h3-4,7,17H,5-6,15H2,1-2H3,(H,16,18). The van der Waals surface area contributed by atoms with E-state index >= 15 is 0 Å². The molecule has 21 heavy (non-hydrogen) atoms. The summed E-state index contributed by atoms with van der Waals surface area (Å²) in [4.78, 5) is 0. The lowest BCUT2D eigenvalue weighted by molar-refractivity contribution is 0.575. The summed E-state index contributed by atoms with van der Waals surface area (Å²) in [5.41, 5.74) is 7.52. The Labute approximate surface area is 122 Å². The second-order valence-electron chi connectivity index (χ2n) is 4.80. The highest BCUT2D eigenvalue weighted by Gasteiger charge is 2.20. The number of hydrogen-bond donors (Lipinski definition) is 3. The Hall–Kier alpha value is -1.77. The SMILES string of the molecule is Cc1cc(CNS(=O)(=O)c2[nH]ncc2CN)cc(C)c1F. The zero-order valence-corrected chi connectivity index (χ0v) is 12.6. The molecular weight excluding hydrogens is 295 g/mol. The zero-order chi connectivity index (χ0) is 15.6. The van der Waals surface area contributed by atoms with Crippen molar-refractivity contribution < 1.29 is 12.8 Å². The van der Waals surface area contributed by atoms with Crippen LogP contribution in [0.2, 0.25) is 0 Å². The molecule has 114 valence electrons. The van der Waals surface area contributed by atoms with Gasteiger partial charge in [0.1, 0.15) is 5.82 Å². The molecule has 0 aliphatic carbocycles. The molecule has 0 aliphatic rings. The number of nitrogens with one attached hydrogen (secondary N) is 2. The van der Waals surface area contributed by atoms with Crippen LogP contribution in [0.5, 0.6) is 0 Å². The van der Waals surface area contributed by atoms with Crippen molar-refractivity contribution in [3.63, 3.8) is 0 Å². The predicted molar refractivity (Wildman–Crippen MR) is 76.4 cm³/mol. The number of hydrogen-bond acceptors (Lipinski definition) is 4. The third kappa shape index (κ3) is 3.29. The normalized spacial score (nSPS) is 11.8. The van der Waals surface area contributed by atoms with Gasteiger partial charge >= 0.3 is 0 Å². The fourth-order valence-electron chi connectivity index (χ4n) is 2.07. The molecule has 0 bridgehead atoms. The van der Waals surface area contributed by atoms with Crippen LogP contribution in [0.1, 0.15) is 22.3 Å². The number of nitrogens with zero attached hydrogens (tertiary/aromatic N) is 1. The molecule has 1 aromatic heterocycles. The lowest BCUT2D eigenvalue weighted by Crippen LogP contribution is -2.25. The van der Waals surface area contributed by atoms with Crippen LogP contribution in [0.25, 0.3) is 0 Å². The number of rotatable bonds is 5. The topological polar surface area (TPSA) is 101 Å². The van der Waals surface area contributed by atoms with Crippen molar-refractivity contribution in [3.8, 4) is 0 Å². The number of sulfonamides is 1. The van der Waals surface area contributed by atoms with Gasteiger partial charge in [-0.3, -0.25) is 5.10 Å². The maximum Gasteiger partial charge on any atom is 0.258 e. The van der Waals surface area contributed by atoms with E-state index in [9.17, 15) is 12.8 Å². The maximum atomic E-state index is 13.5. The smallest absolute Gasteiger partial charge is 0.258 e. The molecule has 6 nitrogen and oxygen atoms in total. The van der Waals surface area contributed by atoms with Crippen LogP contribution < -0.4 is 10.5 Å². The number of aromatic amines is 1. The minimum atomic E-state index is -3.74. The molecule has 0 unspecified atom stereocenters. The molecule has 0 fully saturated rings. The Morgan fingerprint density at radius 2 is 1.95 bits per heavy atom. The maximum absolute atomic E-state index is 13.5. The molecule has 2 rings (SSSR count). The van der Waals surface area contributed by atoms with E-state index in [1.54, 1.807) is 26.0 Å². The molecule has 0 saturated heterocycles. The summed E-state index contributed by atoms with van der Waals surface area (Å²) in [6.07, 6.45) is 1.38. The summed E-state index contributed by atoms with van der Waals surface area (Å²) >= 11 is 0. The molecule has 0 saturated carbocycles. The first-order valence-electron chi connectivity index (χ1n) is 6.32. The third-order valence-corrected chi connectivity index (χ3v) is 4.54. The summed E-state index contributed by atoms with van der Waals surface area (Å²) in [5, 5.41) is 6.06. The average molecular weight is 312 g/mol. The van der Waals surface area contributed by atoms with Crippen molar-refractivity contribution in [2.75, 3.05) is 0 Å². The lowest BCUT2D eigenvalue weighted by atomic mass is 10.1. The molecule has 1 heterocycles. The number of halogens is 1. The molecule has 4 N–H and O–H groups in total. The van der Waals surface area contributed by atoms with Crippen LogP contribution in [0, 0.1) is 19.7 Å². The second kappa shape index (κ2) is 5.92. The molecule has 1 aromatic carbocycles. The third-order valence-electron chi connectivity index (χ3n) is 3.13. The molecule has 0 amide bonds. The molecule has 0 aliphatic heterocycles. The first-order valence-corrected chi connectivity index (χ1v) is 7.81. The number of benzene rings is 1. The van der Waals surface area contributed by atoms with Gasteiger partial charge in [-0.05, 0) is 30.5 Å². The fourth-order valence-corrected chi connectivity index (χ4v) is 3.22. The Balaban J connectivity index is 2.20. The van der Waals surface area contributed by atoms with E-state index in [2.05, 4.69) is 14.9 Å². The highest BCUT2D eigenvalue weighted by Crippen LogP contribution is 2.16. The van der Waals surface area contributed by atoms with Gasteiger partial charge in [0.15, 0.2) is 5.03 Å². The summed E-state index contributed by atoms with van der Waals surface area (Å²) < 4.78 is 40.3. The van der Waals surface area contributed by atoms with E-state index in [0.717, 1.165) is 0 Å². The predicted octanol–water partition coefficient (Wildman–Crippen LogP) is 1.10. The van der Waals surface area contributed by atoms with E-state index in [0.29, 0.717) is 22.3 Å². The van der Waals surface area contributed by atoms with Gasteiger partial charge in [-0.2, -0.15) is 5.10 Å². The summed E-state index contributed by atoms with van der Waals surface area (Å²) in [5.74, 6) is -0.277. The number of aromatic nitrogens is 2. The first kappa shape index (κ1) is 15.6. The van der Waals surface area contributed by atoms with Gasteiger partial charge in [0, 0.05) is 18.7 Å². The summed E-state index contributed by atoms with van der Waals surface area (Å²) in [7, 11) is -3.74. The quantitative estimate of drug-likeness (QED) is 0.769. The zero-order valence-electron chi connectivity index (χ0n) is 11.8. The number of aryl methyl sites for hydroxylation is 2. The largest absolute Gasteiger partial charge is 0.326 e. The first-order chi connectivity index (χ1) is 9.85. The number of H-pyrrole nitrogens is 1. The second-order valence-corrected chi connectivity index (χ2v) is 6.50. The van der Waals surface area contributed by atoms with Crippen molar-refractivity contribution in [1.29, 1.82) is 0 Å². The van der Waals surface area contributed by atoms with Crippen molar-refractivity contribution >= 4 is 10.0 Å². The van der Waals surface area contributed by atoms with Crippen LogP contribution in [0.4, 0.5) is 4.39 Å². The highest BCUT2D eigenvalue weighted by atomic mass is 32.2. The van der Waals surface area contributed by atoms with Gasteiger partial charge in [-0.25, -0.2) is 17.5 Å². The minimum absolute atomic E-state index is 0.0412. The molecule has 0 atom stereocenters. The molecule has 8 heteroatoms. The fraction of sp³-hybridized carbons (Fsp3) is 0.308. The molecule has 0 radical (unpaired) electrons. The summed E-state index contributed by atoms with van der Waals surface area (Å²) in [6, 6.07) is 3.23. The van der Waals surface area contributed by atoms with Crippen LogP contribution in [-0.2, 0) is 23.1 Å². The molecular formula is C13H17FN4O2S. The Bertz CT molecular complexity index is 732. The van der Waals surface area contributed by atoms with Gasteiger partial charge in [0.05, 0.1) is 6.20 Å². The monoisotopic (exact) mass is 312 g/mol. The van der Waals surface area contributed by atoms with E-state index < -0.39 is 10.0 Å². The van der Waals surface area contributed by atoms with Gasteiger partial charge in [-0.15, -0.1) is 0 Å². The molecule has 2 aromatic rings. The lowest BCUT2D eigenvalue weighted by Gasteiger charge is -2.09. The van der Waals surface area contributed by atoms with Crippen LogP contribution in [0.3, 0.4) is 0 Å². The van der Waals surface area contributed by atoms with Gasteiger partial charge in [-0.1, -0.05) is 12.1 Å². The van der Waals surface area contributed by atoms with E-state index in [-0.39, 0.29) is 23.9 Å². The van der Waals surface area contributed by atoms with Gasteiger partial charge in [0.25, 0.3) is 10.0 Å². The van der Waals surface area contributed by atoms with E-state index in [1.165, 1.54) is 6.20 Å². The van der Waals surface area contributed by atoms with Crippen molar-refractivity contribution in [1.82, 2.24) is 14.9 Å². The Morgan fingerprint density at radius 3 is 2.52 bits per heavy atom. The average Bonchev–Trinajstić information content (AvgIpc) is 2.91.